The van der Waals surface area contributed by atoms with Crippen molar-refractivity contribution in [3.63, 3.8) is 0 Å². The van der Waals surface area contributed by atoms with Gasteiger partial charge >= 0.3 is 0 Å². The maximum Gasteiger partial charge on any atom is 0.123 e. The van der Waals surface area contributed by atoms with E-state index in [1.165, 1.54) is 12.1 Å². The monoisotopic (exact) mass is 336 g/mol. The summed E-state index contributed by atoms with van der Waals surface area (Å²) in [6.07, 6.45) is 5.92. The van der Waals surface area contributed by atoms with Crippen LogP contribution in [0.1, 0.15) is 17.2 Å². The average molecular weight is 336 g/mol. The van der Waals surface area contributed by atoms with Crippen LogP contribution in [0, 0.1) is 5.82 Å². The number of halogens is 1. The number of hydrogen-bond donors (Lipinski definition) is 4. The van der Waals surface area contributed by atoms with Crippen LogP contribution in [0.4, 0.5) is 10.1 Å². The normalized spacial score (nSPS) is 15.8. The molecule has 1 unspecified atom stereocenters. The van der Waals surface area contributed by atoms with Gasteiger partial charge in [0, 0.05) is 17.8 Å². The van der Waals surface area contributed by atoms with Crippen molar-refractivity contribution in [3.05, 3.63) is 94.6 Å². The Morgan fingerprint density at radius 1 is 1.00 bits per heavy atom. The first-order chi connectivity index (χ1) is 12.0. The zero-order valence-corrected chi connectivity index (χ0v) is 13.7. The molecule has 0 saturated heterocycles. The van der Waals surface area contributed by atoms with Gasteiger partial charge < -0.3 is 22.5 Å². The van der Waals surface area contributed by atoms with Crippen molar-refractivity contribution >= 4 is 11.8 Å². The molecule has 0 bridgehead atoms. The molecule has 0 amide bonds. The first-order valence-electron chi connectivity index (χ1n) is 8.02. The lowest BCUT2D eigenvalue weighted by atomic mass is 9.95. The summed E-state index contributed by atoms with van der Waals surface area (Å²) in [5.41, 5.74) is 22.6. The standard InChI is InChI=1S/C20H21FN4/c21-16-9-7-15(8-10-16)19(23)17-11-13(12-25-20(17)24)5-6-14-3-1-2-4-18(14)22/h1-11,19,25H,12,22-24H2. The maximum atomic E-state index is 13.1. The number of dihydropyridines is 1. The molecule has 4 nitrogen and oxygen atoms in total. The molecule has 0 aliphatic carbocycles. The molecule has 1 atom stereocenters. The minimum absolute atomic E-state index is 0.292. The van der Waals surface area contributed by atoms with Crippen LogP contribution in [0.25, 0.3) is 6.08 Å². The molecular weight excluding hydrogens is 315 g/mol. The fourth-order valence-corrected chi connectivity index (χ4v) is 2.70. The Bertz CT molecular complexity index is 850. The van der Waals surface area contributed by atoms with E-state index in [1.54, 1.807) is 12.1 Å². The lowest BCUT2D eigenvalue weighted by molar-refractivity contribution is 0.626. The van der Waals surface area contributed by atoms with E-state index in [1.807, 2.05) is 42.5 Å². The van der Waals surface area contributed by atoms with Gasteiger partial charge in [-0.05, 0) is 41.0 Å². The third-order valence-electron chi connectivity index (χ3n) is 4.17. The Balaban J connectivity index is 1.84. The molecule has 3 rings (SSSR count). The van der Waals surface area contributed by atoms with Gasteiger partial charge in [0.15, 0.2) is 0 Å². The van der Waals surface area contributed by atoms with E-state index in [0.717, 1.165) is 28.0 Å². The van der Waals surface area contributed by atoms with E-state index in [4.69, 9.17) is 17.2 Å². The molecule has 1 aliphatic rings. The van der Waals surface area contributed by atoms with E-state index in [0.29, 0.717) is 12.4 Å². The van der Waals surface area contributed by atoms with Crippen LogP contribution in [0.2, 0.25) is 0 Å². The predicted molar refractivity (Wildman–Crippen MR) is 101 cm³/mol. The molecule has 25 heavy (non-hydrogen) atoms. The third kappa shape index (κ3) is 3.89. The van der Waals surface area contributed by atoms with Crippen LogP contribution in [0.3, 0.4) is 0 Å². The lowest BCUT2D eigenvalue weighted by Crippen LogP contribution is -2.30. The van der Waals surface area contributed by atoms with Gasteiger partial charge in [0.25, 0.3) is 0 Å². The Labute approximate surface area is 146 Å². The van der Waals surface area contributed by atoms with Gasteiger partial charge in [-0.1, -0.05) is 42.5 Å². The number of rotatable bonds is 4. The van der Waals surface area contributed by atoms with Crippen molar-refractivity contribution < 1.29 is 4.39 Å². The molecule has 2 aromatic rings. The zero-order valence-electron chi connectivity index (χ0n) is 13.7. The van der Waals surface area contributed by atoms with Crippen molar-refractivity contribution in [3.8, 4) is 0 Å². The van der Waals surface area contributed by atoms with E-state index < -0.39 is 6.04 Å². The molecule has 5 heteroatoms. The van der Waals surface area contributed by atoms with Crippen LogP contribution >= 0.6 is 0 Å². The number of nitrogens with two attached hydrogens (primary N) is 3. The molecular formula is C20H21FN4. The summed E-state index contributed by atoms with van der Waals surface area (Å²) < 4.78 is 13.1. The highest BCUT2D eigenvalue weighted by Gasteiger charge is 2.17. The summed E-state index contributed by atoms with van der Waals surface area (Å²) in [6, 6.07) is 13.4. The van der Waals surface area contributed by atoms with Crippen molar-refractivity contribution in [1.29, 1.82) is 0 Å². The highest BCUT2D eigenvalue weighted by Crippen LogP contribution is 2.25. The van der Waals surface area contributed by atoms with E-state index in [2.05, 4.69) is 5.32 Å². The SMILES string of the molecule is NC1=C(C(N)c2ccc(F)cc2)C=C(C=Cc2ccccc2N)CN1. The highest BCUT2D eigenvalue weighted by molar-refractivity contribution is 5.66. The third-order valence-corrected chi connectivity index (χ3v) is 4.17. The van der Waals surface area contributed by atoms with Crippen LogP contribution < -0.4 is 22.5 Å². The van der Waals surface area contributed by atoms with Gasteiger partial charge in [0.2, 0.25) is 0 Å². The number of anilines is 1. The number of para-hydroxylation sites is 1. The topological polar surface area (TPSA) is 90.1 Å². The molecule has 0 spiro atoms. The Morgan fingerprint density at radius 2 is 1.72 bits per heavy atom. The molecule has 0 aromatic heterocycles. The Kier molecular flexibility index (Phi) is 4.86. The highest BCUT2D eigenvalue weighted by atomic mass is 19.1. The maximum absolute atomic E-state index is 13.1. The van der Waals surface area contributed by atoms with Crippen molar-refractivity contribution in [2.45, 2.75) is 6.04 Å². The predicted octanol–water partition coefficient (Wildman–Crippen LogP) is 2.82. The fourth-order valence-electron chi connectivity index (χ4n) is 2.70. The minimum atomic E-state index is -0.432. The number of benzene rings is 2. The first-order valence-corrected chi connectivity index (χ1v) is 8.02. The molecule has 1 aliphatic heterocycles. The fraction of sp³-hybridized carbons (Fsp3) is 0.100. The summed E-state index contributed by atoms with van der Waals surface area (Å²) >= 11 is 0. The summed E-state index contributed by atoms with van der Waals surface area (Å²) in [5.74, 6) is 0.243. The van der Waals surface area contributed by atoms with Gasteiger partial charge in [0.1, 0.15) is 11.6 Å². The average Bonchev–Trinajstić information content (AvgIpc) is 2.62. The second-order valence-corrected chi connectivity index (χ2v) is 5.93. The van der Waals surface area contributed by atoms with Crippen molar-refractivity contribution in [1.82, 2.24) is 5.32 Å². The number of nitrogens with one attached hydrogen (secondary N) is 1. The summed E-state index contributed by atoms with van der Waals surface area (Å²) in [5, 5.41) is 3.15. The second kappa shape index (κ2) is 7.23. The molecule has 0 radical (unpaired) electrons. The van der Waals surface area contributed by atoms with Gasteiger partial charge in [-0.3, -0.25) is 0 Å². The van der Waals surface area contributed by atoms with Crippen molar-refractivity contribution in [2.75, 3.05) is 12.3 Å². The van der Waals surface area contributed by atoms with Crippen LogP contribution in [-0.4, -0.2) is 6.54 Å². The number of nitrogen functional groups attached to an aromatic ring is 1. The zero-order chi connectivity index (χ0) is 17.8. The van der Waals surface area contributed by atoms with Gasteiger partial charge in [0.05, 0.1) is 6.04 Å². The Hall–Kier alpha value is -3.05. The van der Waals surface area contributed by atoms with Gasteiger partial charge in [-0.15, -0.1) is 0 Å². The number of hydrogen-bond acceptors (Lipinski definition) is 4. The van der Waals surface area contributed by atoms with Gasteiger partial charge in [-0.2, -0.15) is 0 Å². The molecule has 7 N–H and O–H groups in total. The van der Waals surface area contributed by atoms with E-state index in [-0.39, 0.29) is 5.82 Å². The molecule has 2 aromatic carbocycles. The molecule has 0 fully saturated rings. The smallest absolute Gasteiger partial charge is 0.123 e. The quantitative estimate of drug-likeness (QED) is 0.646. The van der Waals surface area contributed by atoms with Gasteiger partial charge in [-0.25, -0.2) is 4.39 Å². The molecule has 1 heterocycles. The minimum Gasteiger partial charge on any atom is -0.398 e. The summed E-state index contributed by atoms with van der Waals surface area (Å²) in [7, 11) is 0. The second-order valence-electron chi connectivity index (χ2n) is 5.93. The van der Waals surface area contributed by atoms with Crippen LogP contribution in [-0.2, 0) is 0 Å². The van der Waals surface area contributed by atoms with Crippen LogP contribution in [0.15, 0.2) is 77.7 Å². The first kappa shape index (κ1) is 16.8. The van der Waals surface area contributed by atoms with E-state index in [9.17, 15) is 4.39 Å². The van der Waals surface area contributed by atoms with Crippen molar-refractivity contribution in [2.24, 2.45) is 11.5 Å². The largest absolute Gasteiger partial charge is 0.398 e. The lowest BCUT2D eigenvalue weighted by Gasteiger charge is -2.22. The van der Waals surface area contributed by atoms with Crippen LogP contribution in [0.5, 0.6) is 0 Å². The Morgan fingerprint density at radius 3 is 2.44 bits per heavy atom. The van der Waals surface area contributed by atoms with E-state index >= 15 is 0 Å². The molecule has 0 saturated carbocycles. The summed E-state index contributed by atoms with van der Waals surface area (Å²) in [6.45, 7) is 0.606. The summed E-state index contributed by atoms with van der Waals surface area (Å²) in [4.78, 5) is 0. The molecule has 128 valence electrons.